The second-order valence-electron chi connectivity index (χ2n) is 4.16. The minimum absolute atomic E-state index is 0.211. The van der Waals surface area contributed by atoms with Crippen LogP contribution in [0.5, 0.6) is 0 Å². The third-order valence-corrected chi connectivity index (χ3v) is 4.02. The van der Waals surface area contributed by atoms with Gasteiger partial charge in [-0.05, 0) is 18.2 Å². The first kappa shape index (κ1) is 11.4. The molecule has 18 heavy (non-hydrogen) atoms. The summed E-state index contributed by atoms with van der Waals surface area (Å²) in [5, 5.41) is 1.36. The first-order chi connectivity index (χ1) is 8.74. The van der Waals surface area contributed by atoms with Crippen LogP contribution in [-0.2, 0) is 4.74 Å². The molecule has 94 valence electrons. The lowest BCUT2D eigenvalue weighted by Gasteiger charge is -2.26. The van der Waals surface area contributed by atoms with Crippen molar-refractivity contribution in [1.82, 2.24) is 4.98 Å². The summed E-state index contributed by atoms with van der Waals surface area (Å²) in [6.45, 7) is 2.93. The standard InChI is InChI=1S/C12H13N3O2S/c13-8-1-2-10-9(7-8)11(16)14-12(18-10)15-3-5-17-6-4-15/h1-2,7H,3-6,13H2. The minimum atomic E-state index is -0.211. The van der Waals surface area contributed by atoms with Gasteiger partial charge in [0.15, 0.2) is 5.13 Å². The number of hydrogen-bond donors (Lipinski definition) is 1. The van der Waals surface area contributed by atoms with Crippen LogP contribution in [0.3, 0.4) is 0 Å². The second kappa shape index (κ2) is 4.55. The number of nitrogens with zero attached hydrogens (tertiary/aromatic N) is 2. The maximum absolute atomic E-state index is 12.0. The first-order valence-corrected chi connectivity index (χ1v) is 6.59. The van der Waals surface area contributed by atoms with E-state index < -0.39 is 0 Å². The van der Waals surface area contributed by atoms with Crippen LogP contribution in [0.1, 0.15) is 0 Å². The zero-order valence-corrected chi connectivity index (χ0v) is 10.6. The predicted molar refractivity (Wildman–Crippen MR) is 73.3 cm³/mol. The van der Waals surface area contributed by atoms with Crippen LogP contribution in [-0.4, -0.2) is 31.3 Å². The normalized spacial score (nSPS) is 16.1. The fourth-order valence-electron chi connectivity index (χ4n) is 1.96. The van der Waals surface area contributed by atoms with E-state index in [2.05, 4.69) is 9.88 Å². The Bertz CT molecular complexity index is 635. The van der Waals surface area contributed by atoms with E-state index in [0.717, 1.165) is 22.9 Å². The number of benzene rings is 1. The number of rotatable bonds is 1. The Morgan fingerprint density at radius 1 is 1.33 bits per heavy atom. The highest BCUT2D eigenvalue weighted by molar-refractivity contribution is 7.21. The molecule has 0 aliphatic carbocycles. The molecular weight excluding hydrogens is 250 g/mol. The van der Waals surface area contributed by atoms with Gasteiger partial charge in [0.05, 0.1) is 18.6 Å². The van der Waals surface area contributed by atoms with Gasteiger partial charge in [0.1, 0.15) is 0 Å². The summed E-state index contributed by atoms with van der Waals surface area (Å²) in [5.41, 5.74) is 6.06. The number of fused-ring (bicyclic) bond motifs is 1. The van der Waals surface area contributed by atoms with Crippen molar-refractivity contribution in [3.8, 4) is 0 Å². The fourth-order valence-corrected chi connectivity index (χ4v) is 2.99. The smallest absolute Gasteiger partial charge is 0.281 e. The average molecular weight is 263 g/mol. The lowest BCUT2D eigenvalue weighted by molar-refractivity contribution is 0.122. The van der Waals surface area contributed by atoms with E-state index in [1.54, 1.807) is 12.1 Å². The summed E-state index contributed by atoms with van der Waals surface area (Å²) in [5.74, 6) is 0. The van der Waals surface area contributed by atoms with Crippen LogP contribution in [0.4, 0.5) is 10.8 Å². The number of nitrogens with two attached hydrogens (primary N) is 1. The number of hydrogen-bond acceptors (Lipinski definition) is 6. The van der Waals surface area contributed by atoms with E-state index in [-0.39, 0.29) is 5.56 Å². The topological polar surface area (TPSA) is 68.4 Å². The van der Waals surface area contributed by atoms with Gasteiger partial charge >= 0.3 is 0 Å². The van der Waals surface area contributed by atoms with Gasteiger partial charge < -0.3 is 15.4 Å². The molecule has 6 heteroatoms. The Hall–Kier alpha value is -1.66. The number of anilines is 2. The third-order valence-electron chi connectivity index (χ3n) is 2.91. The van der Waals surface area contributed by atoms with Gasteiger partial charge in [-0.25, -0.2) is 0 Å². The maximum Gasteiger partial charge on any atom is 0.281 e. The van der Waals surface area contributed by atoms with Gasteiger partial charge in [-0.1, -0.05) is 11.3 Å². The van der Waals surface area contributed by atoms with Crippen molar-refractivity contribution in [2.45, 2.75) is 0 Å². The van der Waals surface area contributed by atoms with Crippen molar-refractivity contribution in [3.05, 3.63) is 28.6 Å². The zero-order chi connectivity index (χ0) is 12.5. The van der Waals surface area contributed by atoms with Crippen molar-refractivity contribution in [1.29, 1.82) is 0 Å². The summed E-state index contributed by atoms with van der Waals surface area (Å²) < 4.78 is 6.22. The summed E-state index contributed by atoms with van der Waals surface area (Å²) in [4.78, 5) is 18.2. The van der Waals surface area contributed by atoms with Crippen LogP contribution in [0.25, 0.3) is 10.1 Å². The van der Waals surface area contributed by atoms with Crippen molar-refractivity contribution in [3.63, 3.8) is 0 Å². The van der Waals surface area contributed by atoms with Crippen LogP contribution >= 0.6 is 11.3 Å². The largest absolute Gasteiger partial charge is 0.399 e. The fraction of sp³-hybridized carbons (Fsp3) is 0.333. The number of aromatic nitrogens is 1. The highest BCUT2D eigenvalue weighted by Crippen LogP contribution is 2.25. The van der Waals surface area contributed by atoms with E-state index >= 15 is 0 Å². The predicted octanol–water partition coefficient (Wildman–Crippen LogP) is 1.08. The molecule has 2 N–H and O–H groups in total. The molecule has 2 aromatic rings. The SMILES string of the molecule is Nc1ccc2sc(N3CCOCC3)nc(=O)c2c1. The monoisotopic (exact) mass is 263 g/mol. The molecule has 0 unspecified atom stereocenters. The number of ether oxygens (including phenoxy) is 1. The van der Waals surface area contributed by atoms with Crippen molar-refractivity contribution in [2.24, 2.45) is 0 Å². The molecule has 3 rings (SSSR count). The molecule has 0 saturated carbocycles. The van der Waals surface area contributed by atoms with E-state index in [1.165, 1.54) is 11.3 Å². The van der Waals surface area contributed by atoms with Crippen LogP contribution in [0, 0.1) is 0 Å². The van der Waals surface area contributed by atoms with E-state index in [1.807, 2.05) is 6.07 Å². The molecule has 1 fully saturated rings. The third kappa shape index (κ3) is 2.04. The molecule has 1 aromatic carbocycles. The summed E-state index contributed by atoms with van der Waals surface area (Å²) in [7, 11) is 0. The van der Waals surface area contributed by atoms with Crippen molar-refractivity contribution < 1.29 is 4.74 Å². The quantitative estimate of drug-likeness (QED) is 0.780. The molecular formula is C12H13N3O2S. The number of nitrogen functional groups attached to an aromatic ring is 1. The second-order valence-corrected chi connectivity index (χ2v) is 5.17. The van der Waals surface area contributed by atoms with Gasteiger partial charge in [0.25, 0.3) is 5.56 Å². The highest BCUT2D eigenvalue weighted by atomic mass is 32.1. The van der Waals surface area contributed by atoms with Crippen LogP contribution in [0.2, 0.25) is 0 Å². The number of morpholine rings is 1. The summed E-state index contributed by atoms with van der Waals surface area (Å²) >= 11 is 1.52. The lowest BCUT2D eigenvalue weighted by Crippen LogP contribution is -2.37. The van der Waals surface area contributed by atoms with Gasteiger partial charge in [-0.3, -0.25) is 4.79 Å². The van der Waals surface area contributed by atoms with Crippen LogP contribution < -0.4 is 16.2 Å². The van der Waals surface area contributed by atoms with Gasteiger partial charge in [-0.2, -0.15) is 4.98 Å². The van der Waals surface area contributed by atoms with Gasteiger partial charge in [-0.15, -0.1) is 0 Å². The Morgan fingerprint density at radius 3 is 2.89 bits per heavy atom. The Kier molecular flexibility index (Phi) is 2.89. The molecule has 1 saturated heterocycles. The molecule has 0 atom stereocenters. The minimum Gasteiger partial charge on any atom is -0.399 e. The molecule has 0 spiro atoms. The van der Waals surface area contributed by atoms with Gasteiger partial charge in [0, 0.05) is 23.5 Å². The lowest BCUT2D eigenvalue weighted by atomic mass is 10.2. The molecule has 1 aliphatic heterocycles. The van der Waals surface area contributed by atoms with Crippen molar-refractivity contribution >= 4 is 32.2 Å². The molecule has 0 radical (unpaired) electrons. The van der Waals surface area contributed by atoms with E-state index in [4.69, 9.17) is 10.5 Å². The molecule has 1 aliphatic rings. The molecule has 2 heterocycles. The Labute approximate surface area is 108 Å². The first-order valence-electron chi connectivity index (χ1n) is 5.77. The van der Waals surface area contributed by atoms with E-state index in [0.29, 0.717) is 24.3 Å². The molecule has 1 aromatic heterocycles. The molecule has 0 bridgehead atoms. The Balaban J connectivity index is 2.09. The summed E-state index contributed by atoms with van der Waals surface area (Å²) in [6, 6.07) is 5.37. The van der Waals surface area contributed by atoms with Crippen LogP contribution in [0.15, 0.2) is 23.0 Å². The Morgan fingerprint density at radius 2 is 2.11 bits per heavy atom. The summed E-state index contributed by atoms with van der Waals surface area (Å²) in [6.07, 6.45) is 0. The zero-order valence-electron chi connectivity index (χ0n) is 9.76. The van der Waals surface area contributed by atoms with Gasteiger partial charge in [0.2, 0.25) is 0 Å². The maximum atomic E-state index is 12.0. The molecule has 0 amide bonds. The van der Waals surface area contributed by atoms with Crippen molar-refractivity contribution in [2.75, 3.05) is 36.9 Å². The highest BCUT2D eigenvalue weighted by Gasteiger charge is 2.15. The van der Waals surface area contributed by atoms with E-state index in [9.17, 15) is 4.79 Å². The molecule has 5 nitrogen and oxygen atoms in total. The average Bonchev–Trinajstić information content (AvgIpc) is 2.40.